The molecule has 40 heavy (non-hydrogen) atoms. The highest BCUT2D eigenvalue weighted by molar-refractivity contribution is 5.82. The Morgan fingerprint density at radius 1 is 1.00 bits per heavy atom. The predicted molar refractivity (Wildman–Crippen MR) is 129 cm³/mol. The van der Waals surface area contributed by atoms with Crippen LogP contribution in [-0.4, -0.2) is 74.7 Å². The van der Waals surface area contributed by atoms with E-state index in [2.05, 4.69) is 25.9 Å². The van der Waals surface area contributed by atoms with Crippen molar-refractivity contribution >= 4 is 46.8 Å². The van der Waals surface area contributed by atoms with Crippen LogP contribution in [0.5, 0.6) is 0 Å². The number of unbranched alkanes of at least 4 members (excludes halogenated alkanes) is 1. The number of fused-ring (bicyclic) bond motifs is 1. The van der Waals surface area contributed by atoms with Gasteiger partial charge in [-0.1, -0.05) is 0 Å². The number of nitrogens with zero attached hydrogens (tertiary/aromatic N) is 2. The number of aliphatic carboxylic acids is 3. The summed E-state index contributed by atoms with van der Waals surface area (Å²) in [4.78, 5) is 61.1. The molecule has 0 aromatic carbocycles. The number of carboxylic acids is 3. The molecular formula is C23H31F3N6O8. The van der Waals surface area contributed by atoms with Crippen LogP contribution in [0.15, 0.2) is 18.3 Å². The number of halogens is 3. The van der Waals surface area contributed by atoms with Crippen LogP contribution in [0, 0.1) is 0 Å². The first-order valence-corrected chi connectivity index (χ1v) is 12.0. The van der Waals surface area contributed by atoms with Crippen molar-refractivity contribution < 1.29 is 57.0 Å². The number of hydrogen-bond donors (Lipinski definition) is 6. The fourth-order valence-electron chi connectivity index (χ4n) is 3.44. The molecule has 0 saturated carbocycles. The predicted octanol–water partition coefficient (Wildman–Crippen LogP) is -0.310. The lowest BCUT2D eigenvalue weighted by molar-refractivity contribution is -0.673. The third kappa shape index (κ3) is 12.4. The summed E-state index contributed by atoms with van der Waals surface area (Å²) >= 11 is 0. The van der Waals surface area contributed by atoms with Gasteiger partial charge in [-0.05, 0) is 49.2 Å². The highest BCUT2D eigenvalue weighted by Crippen LogP contribution is 2.12. The Bertz CT molecular complexity index is 1190. The molecule has 222 valence electrons. The van der Waals surface area contributed by atoms with Crippen molar-refractivity contribution in [3.63, 3.8) is 0 Å². The molecule has 0 saturated heterocycles. The van der Waals surface area contributed by atoms with Gasteiger partial charge in [0.15, 0.2) is 0 Å². The third-order valence-electron chi connectivity index (χ3n) is 5.20. The maximum Gasteiger partial charge on any atom is 0.430 e. The quantitative estimate of drug-likeness (QED) is 0.127. The lowest BCUT2D eigenvalue weighted by atomic mass is 10.1. The fraction of sp³-hybridized carbons (Fsp3) is 0.522. The largest absolute Gasteiger partial charge is 0.542 e. The van der Waals surface area contributed by atoms with Crippen LogP contribution in [0.25, 0.3) is 11.2 Å². The van der Waals surface area contributed by atoms with Crippen molar-refractivity contribution in [1.82, 2.24) is 20.6 Å². The number of carbonyl (C=O) groups excluding carboxylic acids is 3. The van der Waals surface area contributed by atoms with Crippen molar-refractivity contribution in [1.29, 1.82) is 0 Å². The molecule has 2 rings (SSSR count). The van der Waals surface area contributed by atoms with Crippen LogP contribution in [0.1, 0.15) is 46.0 Å². The highest BCUT2D eigenvalue weighted by atomic mass is 19.4. The first-order chi connectivity index (χ1) is 18.6. The number of anilines is 1. The van der Waals surface area contributed by atoms with Gasteiger partial charge in [0.2, 0.25) is 11.8 Å². The summed E-state index contributed by atoms with van der Waals surface area (Å²) in [5, 5.41) is 35.1. The Morgan fingerprint density at radius 3 is 2.00 bits per heavy atom. The Balaban J connectivity index is 0.00000101. The molecule has 0 aliphatic heterocycles. The molecule has 17 heteroatoms. The van der Waals surface area contributed by atoms with Gasteiger partial charge in [-0.2, -0.15) is 13.2 Å². The Kier molecular flexibility index (Phi) is 13.3. The number of aryl methyl sites for hydroxylation is 1. The zero-order chi connectivity index (χ0) is 30.5. The SMILES string of the molecule is CC(=O)N[C@@H](CCCC[n+]1cccc2[nH]c(NCCC[C@H](NC(C)=O)C(=O)O)nc21)C(=O)O.O=C([O-])C(F)(F)F. The minimum Gasteiger partial charge on any atom is -0.542 e. The molecule has 2 heterocycles. The number of rotatable bonds is 14. The number of imidazole rings is 1. The molecule has 14 nitrogen and oxygen atoms in total. The molecular weight excluding hydrogens is 545 g/mol. The van der Waals surface area contributed by atoms with Crippen LogP contribution >= 0.6 is 0 Å². The van der Waals surface area contributed by atoms with Crippen LogP contribution < -0.4 is 25.6 Å². The van der Waals surface area contributed by atoms with Crippen LogP contribution in [0.2, 0.25) is 0 Å². The molecule has 0 spiro atoms. The second-order valence-electron chi connectivity index (χ2n) is 8.56. The monoisotopic (exact) mass is 576 g/mol. The topological polar surface area (TPSA) is 218 Å². The van der Waals surface area contributed by atoms with E-state index in [1.54, 1.807) is 0 Å². The Morgan fingerprint density at radius 2 is 1.52 bits per heavy atom. The van der Waals surface area contributed by atoms with Gasteiger partial charge in [0.25, 0.3) is 0 Å². The van der Waals surface area contributed by atoms with Gasteiger partial charge in [-0.15, -0.1) is 0 Å². The zero-order valence-corrected chi connectivity index (χ0v) is 21.7. The van der Waals surface area contributed by atoms with E-state index >= 15 is 0 Å². The molecule has 0 radical (unpaired) electrons. The molecule has 2 atom stereocenters. The molecule has 0 aliphatic carbocycles. The molecule has 2 amide bonds. The molecule has 0 fully saturated rings. The number of H-pyrrole nitrogens is 1. The van der Waals surface area contributed by atoms with Crippen LogP contribution in [-0.2, 0) is 30.5 Å². The van der Waals surface area contributed by atoms with E-state index in [-0.39, 0.29) is 18.2 Å². The normalized spacial score (nSPS) is 12.4. The van der Waals surface area contributed by atoms with Gasteiger partial charge < -0.3 is 36.1 Å². The standard InChI is InChI=1S/C21H30N6O6.C2HF3O2/c1-13(28)23-16(19(30)31)7-3-4-11-27-12-6-9-15-18(27)26-21(25-15)22-10-5-8-17(20(32)33)24-14(2)29;3-2(4,5)1(6)7/h6,9,12,16-17H,3-5,7-8,10-11H2,1-2H3,(H5,22,23,24,25,28,29,30,31,32,33);(H,6,7)/t16-,17-;/m0./s1. The third-order valence-corrected chi connectivity index (χ3v) is 5.20. The first kappa shape index (κ1) is 33.6. The fourth-order valence-corrected chi connectivity index (χ4v) is 3.44. The number of carbonyl (C=O) groups is 5. The zero-order valence-electron chi connectivity index (χ0n) is 21.7. The second-order valence-corrected chi connectivity index (χ2v) is 8.56. The number of aromatic nitrogens is 3. The van der Waals surface area contributed by atoms with Gasteiger partial charge in [-0.3, -0.25) is 14.6 Å². The second kappa shape index (κ2) is 15.8. The van der Waals surface area contributed by atoms with Gasteiger partial charge in [0.1, 0.15) is 23.6 Å². The minimum absolute atomic E-state index is 0.290. The van der Waals surface area contributed by atoms with Crippen molar-refractivity contribution in [2.75, 3.05) is 11.9 Å². The summed E-state index contributed by atoms with van der Waals surface area (Å²) in [5.74, 6) is -5.32. The maximum absolute atomic E-state index is 11.2. The number of amides is 2. The number of aromatic amines is 1. The Hall–Kier alpha value is -4.44. The van der Waals surface area contributed by atoms with Crippen molar-refractivity contribution in [3.05, 3.63) is 18.3 Å². The van der Waals surface area contributed by atoms with E-state index in [0.717, 1.165) is 11.2 Å². The van der Waals surface area contributed by atoms with Crippen LogP contribution in [0.4, 0.5) is 19.1 Å². The molecule has 6 N–H and O–H groups in total. The summed E-state index contributed by atoms with van der Waals surface area (Å²) in [6.45, 7) is 3.68. The lowest BCUT2D eigenvalue weighted by Crippen LogP contribution is -2.40. The van der Waals surface area contributed by atoms with Gasteiger partial charge in [0, 0.05) is 20.4 Å². The van der Waals surface area contributed by atoms with E-state index < -0.39 is 36.2 Å². The summed E-state index contributed by atoms with van der Waals surface area (Å²) in [6, 6.07) is 1.95. The number of pyridine rings is 1. The lowest BCUT2D eigenvalue weighted by Gasteiger charge is -2.12. The summed E-state index contributed by atoms with van der Waals surface area (Å²) < 4.78 is 33.5. The summed E-state index contributed by atoms with van der Waals surface area (Å²) in [5.41, 5.74) is 1.56. The smallest absolute Gasteiger partial charge is 0.430 e. The van der Waals surface area contributed by atoms with Gasteiger partial charge >= 0.3 is 29.7 Å². The highest BCUT2D eigenvalue weighted by Gasteiger charge is 2.28. The molecule has 0 aliphatic rings. The Labute approximate surface area is 226 Å². The van der Waals surface area contributed by atoms with E-state index in [1.165, 1.54) is 13.8 Å². The van der Waals surface area contributed by atoms with E-state index in [0.29, 0.717) is 44.7 Å². The van der Waals surface area contributed by atoms with Crippen molar-refractivity contribution in [2.24, 2.45) is 0 Å². The van der Waals surface area contributed by atoms with Gasteiger partial charge in [0.05, 0.1) is 12.7 Å². The van der Waals surface area contributed by atoms with E-state index in [9.17, 15) is 37.5 Å². The maximum atomic E-state index is 11.2. The molecule has 0 unspecified atom stereocenters. The number of carboxylic acid groups (broad SMARTS) is 3. The summed E-state index contributed by atoms with van der Waals surface area (Å²) in [6.07, 6.45) is -0.821. The number of alkyl halides is 3. The average molecular weight is 577 g/mol. The van der Waals surface area contributed by atoms with Crippen molar-refractivity contribution in [3.8, 4) is 0 Å². The summed E-state index contributed by atoms with van der Waals surface area (Å²) in [7, 11) is 0. The van der Waals surface area contributed by atoms with E-state index in [4.69, 9.17) is 15.0 Å². The van der Waals surface area contributed by atoms with Crippen LogP contribution in [0.3, 0.4) is 0 Å². The first-order valence-electron chi connectivity index (χ1n) is 12.0. The molecule has 2 aromatic rings. The molecule has 0 bridgehead atoms. The molecule has 2 aromatic heterocycles. The van der Waals surface area contributed by atoms with E-state index in [1.807, 2.05) is 22.9 Å². The average Bonchev–Trinajstić information content (AvgIpc) is 3.25. The number of hydrogen-bond acceptors (Lipinski definition) is 8. The minimum atomic E-state index is -5.19. The van der Waals surface area contributed by atoms with Crippen molar-refractivity contribution in [2.45, 2.75) is 70.8 Å². The van der Waals surface area contributed by atoms with Gasteiger partial charge in [-0.25, -0.2) is 14.2 Å². The number of nitrogens with one attached hydrogen (secondary N) is 4.